The zero-order valence-corrected chi connectivity index (χ0v) is 8.64. The van der Waals surface area contributed by atoms with Crippen molar-refractivity contribution in [3.63, 3.8) is 0 Å². The average molecular weight is 229 g/mol. The molecule has 0 aliphatic rings. The van der Waals surface area contributed by atoms with Crippen molar-refractivity contribution in [2.75, 3.05) is 11.9 Å². The highest BCUT2D eigenvalue weighted by Gasteiger charge is 1.97. The summed E-state index contributed by atoms with van der Waals surface area (Å²) in [6, 6.07) is 8.37. The van der Waals surface area contributed by atoms with Crippen molar-refractivity contribution in [3.05, 3.63) is 28.7 Å². The fraction of sp³-hybridized carbons (Fsp3) is 0.333. The predicted octanol–water partition coefficient (Wildman–Crippen LogP) is 2.21. The van der Waals surface area contributed by atoms with E-state index in [-0.39, 0.29) is 0 Å². The van der Waals surface area contributed by atoms with Gasteiger partial charge in [-0.1, -0.05) is 22.0 Å². The molecule has 1 aromatic rings. The number of hydrogen-bond acceptors (Lipinski definition) is 2. The van der Waals surface area contributed by atoms with E-state index < -0.39 is 0 Å². The smallest absolute Gasteiger partial charge is 0.0355 e. The first kappa shape index (κ1) is 9.55. The fourth-order valence-corrected chi connectivity index (χ4v) is 1.32. The normalized spacial score (nSPS) is 12.6. The van der Waals surface area contributed by atoms with Gasteiger partial charge in [0.15, 0.2) is 0 Å². The highest BCUT2D eigenvalue weighted by atomic mass is 79.9. The molecule has 0 aliphatic carbocycles. The van der Waals surface area contributed by atoms with E-state index in [2.05, 4.69) is 28.2 Å². The van der Waals surface area contributed by atoms with E-state index in [9.17, 15) is 0 Å². The summed E-state index contributed by atoms with van der Waals surface area (Å²) in [6.45, 7) is 2.70. The van der Waals surface area contributed by atoms with Crippen molar-refractivity contribution in [1.29, 1.82) is 0 Å². The van der Waals surface area contributed by atoms with Crippen LogP contribution in [0.3, 0.4) is 0 Å². The van der Waals surface area contributed by atoms with Gasteiger partial charge in [0, 0.05) is 22.7 Å². The van der Waals surface area contributed by atoms with Crippen LogP contribution in [0, 0.1) is 0 Å². The predicted molar refractivity (Wildman–Crippen MR) is 56.3 cm³/mol. The molecule has 1 unspecified atom stereocenters. The molecule has 0 heterocycles. The van der Waals surface area contributed by atoms with Crippen LogP contribution in [-0.2, 0) is 0 Å². The quantitative estimate of drug-likeness (QED) is 0.833. The Morgan fingerprint density at radius 3 is 2.92 bits per heavy atom. The third-order valence-corrected chi connectivity index (χ3v) is 2.08. The topological polar surface area (TPSA) is 38.0 Å². The Morgan fingerprint density at radius 1 is 1.58 bits per heavy atom. The van der Waals surface area contributed by atoms with E-state index in [4.69, 9.17) is 5.73 Å². The zero-order chi connectivity index (χ0) is 8.97. The molecule has 1 rings (SSSR count). The molecule has 0 fully saturated rings. The van der Waals surface area contributed by atoms with Gasteiger partial charge >= 0.3 is 0 Å². The fourth-order valence-electron chi connectivity index (χ4n) is 0.922. The lowest BCUT2D eigenvalue weighted by molar-refractivity contribution is 0.804. The average Bonchev–Trinajstić information content (AvgIpc) is 2.04. The molecule has 0 aromatic heterocycles. The number of nitrogens with two attached hydrogens (primary N) is 1. The second-order valence-electron chi connectivity index (χ2n) is 2.79. The number of anilines is 1. The molecule has 0 bridgehead atoms. The monoisotopic (exact) mass is 228 g/mol. The Kier molecular flexibility index (Phi) is 3.56. The summed E-state index contributed by atoms with van der Waals surface area (Å²) in [4.78, 5) is 0. The Hall–Kier alpha value is -0.540. The largest absolute Gasteiger partial charge is 0.381 e. The van der Waals surface area contributed by atoms with Crippen LogP contribution in [-0.4, -0.2) is 12.6 Å². The third-order valence-electron chi connectivity index (χ3n) is 1.59. The van der Waals surface area contributed by atoms with Crippen molar-refractivity contribution in [2.45, 2.75) is 13.0 Å². The van der Waals surface area contributed by atoms with Gasteiger partial charge in [-0.3, -0.25) is 0 Å². The maximum Gasteiger partial charge on any atom is 0.0355 e. The molecule has 0 amide bonds. The van der Waals surface area contributed by atoms with E-state index in [1.807, 2.05) is 24.3 Å². The minimum Gasteiger partial charge on any atom is -0.381 e. The number of hydrogen-bond donors (Lipinski definition) is 2. The van der Waals surface area contributed by atoms with Crippen molar-refractivity contribution in [1.82, 2.24) is 0 Å². The molecule has 66 valence electrons. The van der Waals surface area contributed by atoms with E-state index in [1.165, 1.54) is 0 Å². The van der Waals surface area contributed by atoms with Crippen molar-refractivity contribution < 1.29 is 0 Å². The van der Waals surface area contributed by atoms with Crippen LogP contribution in [0.5, 0.6) is 0 Å². The SMILES string of the molecule is CC(CN)Nc1cccc(Br)c1. The maximum atomic E-state index is 5.48. The van der Waals surface area contributed by atoms with Gasteiger partial charge < -0.3 is 11.1 Å². The van der Waals surface area contributed by atoms with Crippen LogP contribution in [0.1, 0.15) is 6.92 Å². The molecule has 3 heteroatoms. The first-order chi connectivity index (χ1) is 5.72. The van der Waals surface area contributed by atoms with Gasteiger partial charge in [0.2, 0.25) is 0 Å². The molecule has 0 radical (unpaired) electrons. The van der Waals surface area contributed by atoms with Gasteiger partial charge in [0.25, 0.3) is 0 Å². The summed E-state index contributed by atoms with van der Waals surface area (Å²) >= 11 is 3.40. The molecular formula is C9H13BrN2. The Bertz CT molecular complexity index is 250. The summed E-state index contributed by atoms with van der Waals surface area (Å²) in [5, 5.41) is 3.28. The lowest BCUT2D eigenvalue weighted by atomic mass is 10.3. The second-order valence-corrected chi connectivity index (χ2v) is 3.71. The maximum absolute atomic E-state index is 5.48. The van der Waals surface area contributed by atoms with Gasteiger partial charge in [0.05, 0.1) is 0 Å². The van der Waals surface area contributed by atoms with Crippen LogP contribution in [0.25, 0.3) is 0 Å². The lowest BCUT2D eigenvalue weighted by Gasteiger charge is -2.12. The molecular weight excluding hydrogens is 216 g/mol. The molecule has 1 aromatic carbocycles. The number of benzene rings is 1. The second kappa shape index (κ2) is 4.48. The number of halogens is 1. The van der Waals surface area contributed by atoms with E-state index in [1.54, 1.807) is 0 Å². The first-order valence-corrected chi connectivity index (χ1v) is 4.74. The van der Waals surface area contributed by atoms with Crippen molar-refractivity contribution in [2.24, 2.45) is 5.73 Å². The molecule has 0 saturated heterocycles. The summed E-state index contributed by atoms with van der Waals surface area (Å²) in [7, 11) is 0. The van der Waals surface area contributed by atoms with E-state index in [0.717, 1.165) is 10.2 Å². The Balaban J connectivity index is 2.63. The third kappa shape index (κ3) is 2.83. The summed E-state index contributed by atoms with van der Waals surface area (Å²) in [6.07, 6.45) is 0. The van der Waals surface area contributed by atoms with Crippen LogP contribution in [0.2, 0.25) is 0 Å². The van der Waals surface area contributed by atoms with E-state index in [0.29, 0.717) is 12.6 Å². The minimum atomic E-state index is 0.319. The molecule has 3 N–H and O–H groups in total. The van der Waals surface area contributed by atoms with Crippen LogP contribution < -0.4 is 11.1 Å². The molecule has 1 atom stereocenters. The highest BCUT2D eigenvalue weighted by Crippen LogP contribution is 2.15. The molecule has 0 spiro atoms. The summed E-state index contributed by atoms with van der Waals surface area (Å²) < 4.78 is 1.08. The van der Waals surface area contributed by atoms with Gasteiger partial charge in [-0.2, -0.15) is 0 Å². The number of nitrogens with one attached hydrogen (secondary N) is 1. The molecule has 2 nitrogen and oxygen atoms in total. The van der Waals surface area contributed by atoms with Gasteiger partial charge in [-0.15, -0.1) is 0 Å². The summed E-state index contributed by atoms with van der Waals surface area (Å²) in [5.41, 5.74) is 6.58. The van der Waals surface area contributed by atoms with Crippen molar-refractivity contribution in [3.8, 4) is 0 Å². The molecule has 0 aliphatic heterocycles. The zero-order valence-electron chi connectivity index (χ0n) is 7.05. The van der Waals surface area contributed by atoms with Gasteiger partial charge in [-0.05, 0) is 25.1 Å². The standard InChI is InChI=1S/C9H13BrN2/c1-7(6-11)12-9-4-2-3-8(10)5-9/h2-5,7,12H,6,11H2,1H3. The van der Waals surface area contributed by atoms with Crippen molar-refractivity contribution >= 4 is 21.6 Å². The van der Waals surface area contributed by atoms with Gasteiger partial charge in [-0.25, -0.2) is 0 Å². The van der Waals surface area contributed by atoms with Gasteiger partial charge in [0.1, 0.15) is 0 Å². The molecule has 0 saturated carbocycles. The summed E-state index contributed by atoms with van der Waals surface area (Å²) in [5.74, 6) is 0. The Morgan fingerprint density at radius 2 is 2.33 bits per heavy atom. The lowest BCUT2D eigenvalue weighted by Crippen LogP contribution is -2.24. The number of rotatable bonds is 3. The molecule has 12 heavy (non-hydrogen) atoms. The highest BCUT2D eigenvalue weighted by molar-refractivity contribution is 9.10. The minimum absolute atomic E-state index is 0.319. The van der Waals surface area contributed by atoms with Crippen LogP contribution in [0.15, 0.2) is 28.7 Å². The van der Waals surface area contributed by atoms with Crippen LogP contribution in [0.4, 0.5) is 5.69 Å². The van der Waals surface area contributed by atoms with Crippen LogP contribution >= 0.6 is 15.9 Å². The Labute approximate surface area is 81.3 Å². The van der Waals surface area contributed by atoms with E-state index >= 15 is 0 Å². The first-order valence-electron chi connectivity index (χ1n) is 3.94.